The molecule has 81 heavy (non-hydrogen) atoms. The lowest BCUT2D eigenvalue weighted by Gasteiger charge is -2.31. The van der Waals surface area contributed by atoms with Crippen molar-refractivity contribution < 1.29 is 38.5 Å². The minimum Gasteiger partial charge on any atom is -0.410 e. The van der Waals surface area contributed by atoms with Crippen molar-refractivity contribution in [2.24, 2.45) is 11.8 Å². The van der Waals surface area contributed by atoms with E-state index in [2.05, 4.69) is 74.4 Å². The van der Waals surface area contributed by atoms with E-state index in [1.165, 1.54) is 4.90 Å². The molecule has 0 saturated heterocycles. The van der Waals surface area contributed by atoms with Crippen LogP contribution in [-0.4, -0.2) is 115 Å². The standard InChI is InChI=1S/C32H44N4O4Si.C30H49N5O4Si/c1-23-29(24(2)36(35-23)22-39-20-21-41(3,4)5)25-16-18-27(19-17-25)33-31(37)30(26-12-8-6-9-13-26)34-32(38)40-28-14-10-7-11-15-28;1-22-27(23(2)35(33-22)21-39-19-20-40(4,5)6)24-13-15-26(16-14-24)31-29(37)28(25-11-8-7-9-12-25)32-30(38)34(3)17-10-18-36/h7,10-11,14-19,26,30H,6,8-9,12-13,20-22H2,1-5H3,(H,33,37)(H,34,38);13-16,25,28,36H,7-12,17-21H2,1-6H3,(H,31,37)(H,32,38)/t30-;28-/m00/s1. The summed E-state index contributed by atoms with van der Waals surface area (Å²) in [7, 11) is -0.588. The minimum absolute atomic E-state index is 0.0203. The van der Waals surface area contributed by atoms with Gasteiger partial charge in [0.1, 0.15) is 31.3 Å². The zero-order chi connectivity index (χ0) is 58.7. The fourth-order valence-corrected chi connectivity index (χ4v) is 12.1. The van der Waals surface area contributed by atoms with E-state index in [0.29, 0.717) is 43.6 Å². The van der Waals surface area contributed by atoms with Crippen molar-refractivity contribution in [2.45, 2.75) is 175 Å². The summed E-state index contributed by atoms with van der Waals surface area (Å²) in [4.78, 5) is 53.9. The number of aryl methyl sites for hydroxylation is 2. The van der Waals surface area contributed by atoms with Gasteiger partial charge in [-0.3, -0.25) is 9.59 Å². The highest BCUT2D eigenvalue weighted by atomic mass is 28.3. The molecule has 2 fully saturated rings. The van der Waals surface area contributed by atoms with Gasteiger partial charge in [-0.05, 0) is 131 Å². The molecule has 0 radical (unpaired) electrons. The second kappa shape index (κ2) is 30.8. The van der Waals surface area contributed by atoms with Crippen molar-refractivity contribution in [3.05, 3.63) is 102 Å². The first-order valence-corrected chi connectivity index (χ1v) is 36.7. The molecule has 17 nitrogen and oxygen atoms in total. The summed E-state index contributed by atoms with van der Waals surface area (Å²) >= 11 is 0. The Hall–Kier alpha value is -6.13. The van der Waals surface area contributed by atoms with Crippen molar-refractivity contribution in [1.82, 2.24) is 35.1 Å². The molecule has 2 aliphatic carbocycles. The average Bonchev–Trinajstić information content (AvgIpc) is 4.01. The molecule has 5 N–H and O–H groups in total. The number of ether oxygens (including phenoxy) is 3. The van der Waals surface area contributed by atoms with Gasteiger partial charge in [0.2, 0.25) is 11.8 Å². The maximum atomic E-state index is 13.4. The summed E-state index contributed by atoms with van der Waals surface area (Å²) in [6, 6.07) is 25.2. The quantitative estimate of drug-likeness (QED) is 0.0292. The van der Waals surface area contributed by atoms with Crippen LogP contribution < -0.4 is 26.0 Å². The molecule has 0 unspecified atom stereocenters. The van der Waals surface area contributed by atoms with E-state index in [4.69, 9.17) is 29.5 Å². The molecule has 7 rings (SSSR count). The molecule has 442 valence electrons. The molecule has 2 aliphatic rings. The number of hydrogen-bond acceptors (Lipinski definition) is 10. The molecule has 3 aromatic carbocycles. The van der Waals surface area contributed by atoms with Gasteiger partial charge in [-0.1, -0.05) is 120 Å². The lowest BCUT2D eigenvalue weighted by Crippen LogP contribution is -2.52. The molecular formula is C62H93N9O8Si2. The van der Waals surface area contributed by atoms with Gasteiger partial charge in [0, 0.05) is 83.5 Å². The molecule has 2 saturated carbocycles. The van der Waals surface area contributed by atoms with Crippen molar-refractivity contribution in [3.8, 4) is 28.0 Å². The van der Waals surface area contributed by atoms with Crippen LogP contribution >= 0.6 is 0 Å². The SMILES string of the molecule is Cc1nn(COCC[Si](C)(C)C)c(C)c1-c1ccc(NC(=O)[C@@H](NC(=O)N(C)CCCO)C2CCCCC2)cc1.Cc1nn(COCC[Si](C)(C)C)c(C)c1-c1ccc(NC(=O)[C@@H](NC(=O)Oc2ccccc2)C2CCCCC2)cc1. The predicted molar refractivity (Wildman–Crippen MR) is 329 cm³/mol. The van der Waals surface area contributed by atoms with Gasteiger partial charge in [0.15, 0.2) is 0 Å². The molecule has 2 heterocycles. The maximum absolute atomic E-state index is 13.4. The zero-order valence-corrected chi connectivity index (χ0v) is 52.3. The highest BCUT2D eigenvalue weighted by molar-refractivity contribution is 6.76. The van der Waals surface area contributed by atoms with Crippen LogP contribution in [0.15, 0.2) is 78.9 Å². The number of aromatic nitrogens is 4. The van der Waals surface area contributed by atoms with Crippen LogP contribution in [0.3, 0.4) is 0 Å². The Morgan fingerprint density at radius 3 is 1.44 bits per heavy atom. The first kappa shape index (κ1) is 64.0. The lowest BCUT2D eigenvalue weighted by atomic mass is 9.83. The monoisotopic (exact) mass is 1150 g/mol. The zero-order valence-electron chi connectivity index (χ0n) is 50.3. The van der Waals surface area contributed by atoms with E-state index in [1.807, 2.05) is 77.8 Å². The fraction of sp³-hybridized carbons (Fsp3) is 0.548. The summed E-state index contributed by atoms with van der Waals surface area (Å²) in [6.45, 7) is 25.0. The topological polar surface area (TPSA) is 203 Å². The third kappa shape index (κ3) is 20.1. The Labute approximate surface area is 483 Å². The molecule has 5 amide bonds. The number of carbonyl (C=O) groups is 4. The molecule has 0 aliphatic heterocycles. The second-order valence-electron chi connectivity index (χ2n) is 24.5. The van der Waals surface area contributed by atoms with Crippen LogP contribution in [0.1, 0.15) is 93.4 Å². The number of hydrogen-bond donors (Lipinski definition) is 5. The number of para-hydroxylation sites is 1. The highest BCUT2D eigenvalue weighted by Crippen LogP contribution is 2.32. The fourth-order valence-electron chi connectivity index (χ4n) is 10.6. The van der Waals surface area contributed by atoms with Crippen molar-refractivity contribution in [3.63, 3.8) is 0 Å². The van der Waals surface area contributed by atoms with Crippen molar-refractivity contribution >= 4 is 51.5 Å². The number of anilines is 2. The normalized spacial score (nSPS) is 15.0. The van der Waals surface area contributed by atoms with Crippen LogP contribution in [0.25, 0.3) is 22.3 Å². The number of carbonyl (C=O) groups excluding carboxylic acids is 4. The van der Waals surface area contributed by atoms with Gasteiger partial charge in [0.25, 0.3) is 0 Å². The Morgan fingerprint density at radius 1 is 0.617 bits per heavy atom. The number of aliphatic hydroxyl groups excluding tert-OH is 1. The number of nitrogens with zero attached hydrogens (tertiary/aromatic N) is 5. The molecule has 0 spiro atoms. The Morgan fingerprint density at radius 2 is 1.04 bits per heavy atom. The lowest BCUT2D eigenvalue weighted by molar-refractivity contribution is -0.120. The van der Waals surface area contributed by atoms with Gasteiger partial charge in [-0.15, -0.1) is 0 Å². The third-order valence-electron chi connectivity index (χ3n) is 15.4. The van der Waals surface area contributed by atoms with Crippen LogP contribution in [-0.2, 0) is 32.5 Å². The molecule has 2 atom stereocenters. The molecule has 19 heteroatoms. The van der Waals surface area contributed by atoms with E-state index in [0.717, 1.165) is 135 Å². The van der Waals surface area contributed by atoms with Gasteiger partial charge >= 0.3 is 12.1 Å². The first-order chi connectivity index (χ1) is 38.6. The van der Waals surface area contributed by atoms with E-state index in [1.54, 1.807) is 31.3 Å². The summed E-state index contributed by atoms with van der Waals surface area (Å²) in [5.74, 6) is 0.183. The summed E-state index contributed by atoms with van der Waals surface area (Å²) < 4.78 is 21.1. The number of benzene rings is 3. The summed E-state index contributed by atoms with van der Waals surface area (Å²) in [5, 5.41) is 30.4. The molecule has 0 bridgehead atoms. The number of urea groups is 1. The molecular weight excluding hydrogens is 1050 g/mol. The van der Waals surface area contributed by atoms with Crippen LogP contribution in [0.2, 0.25) is 51.4 Å². The van der Waals surface area contributed by atoms with E-state index >= 15 is 0 Å². The van der Waals surface area contributed by atoms with Gasteiger partial charge in [-0.2, -0.15) is 10.2 Å². The largest absolute Gasteiger partial charge is 0.413 e. The van der Waals surface area contributed by atoms with Crippen LogP contribution in [0.5, 0.6) is 5.75 Å². The van der Waals surface area contributed by atoms with Gasteiger partial charge < -0.3 is 45.5 Å². The number of nitrogens with one attached hydrogen (secondary N) is 4. The van der Waals surface area contributed by atoms with E-state index in [-0.39, 0.29) is 36.3 Å². The Kier molecular flexibility index (Phi) is 24.3. The predicted octanol–water partition coefficient (Wildman–Crippen LogP) is 12.5. The minimum atomic E-state index is -1.14. The average molecular weight is 1150 g/mol. The van der Waals surface area contributed by atoms with Crippen molar-refractivity contribution in [2.75, 3.05) is 44.0 Å². The number of rotatable bonds is 24. The Bertz CT molecular complexity index is 2780. The maximum Gasteiger partial charge on any atom is 0.413 e. The third-order valence-corrected chi connectivity index (χ3v) is 18.8. The highest BCUT2D eigenvalue weighted by Gasteiger charge is 2.33. The van der Waals surface area contributed by atoms with Gasteiger partial charge in [-0.25, -0.2) is 19.0 Å². The van der Waals surface area contributed by atoms with Crippen LogP contribution in [0.4, 0.5) is 21.0 Å². The van der Waals surface area contributed by atoms with E-state index < -0.39 is 34.3 Å². The Balaban J connectivity index is 0.000000261. The summed E-state index contributed by atoms with van der Waals surface area (Å²) in [6.07, 6.45) is 10.1. The second-order valence-corrected chi connectivity index (χ2v) is 35.7. The summed E-state index contributed by atoms with van der Waals surface area (Å²) in [5.41, 5.74) is 9.54. The number of aliphatic hydroxyl groups is 1. The smallest absolute Gasteiger partial charge is 0.410 e. The van der Waals surface area contributed by atoms with Crippen molar-refractivity contribution in [1.29, 1.82) is 0 Å². The van der Waals surface area contributed by atoms with Gasteiger partial charge in [0.05, 0.1) is 11.4 Å². The van der Waals surface area contributed by atoms with Crippen LogP contribution in [0, 0.1) is 39.5 Å². The van der Waals surface area contributed by atoms with E-state index in [9.17, 15) is 19.2 Å². The number of amides is 5. The molecule has 5 aromatic rings. The first-order valence-electron chi connectivity index (χ1n) is 29.3. The molecule has 2 aromatic heterocycles.